The molecule has 1 unspecified atom stereocenters. The van der Waals surface area contributed by atoms with Gasteiger partial charge in [-0.1, -0.05) is 0 Å². The summed E-state index contributed by atoms with van der Waals surface area (Å²) in [5, 5.41) is 4.76. The summed E-state index contributed by atoms with van der Waals surface area (Å²) >= 11 is 1.04. The SMILES string of the molecule is CN=C(NCCc1nc(C(F)(F)F)cs1)N1CCC(OCC2CCCO2)CC1. The summed E-state index contributed by atoms with van der Waals surface area (Å²) in [6, 6.07) is 0. The standard InChI is InChI=1S/C18H27F3N4O2S/c1-22-17(23-7-4-16-24-15(12-28-16)18(19,20)21)25-8-5-13(6-9-25)27-11-14-3-2-10-26-14/h12-14H,2-11H2,1H3,(H,22,23). The van der Waals surface area contributed by atoms with Crippen LogP contribution in [-0.4, -0.2) is 67.9 Å². The Morgan fingerprint density at radius 3 is 2.79 bits per heavy atom. The van der Waals surface area contributed by atoms with E-state index in [0.717, 1.165) is 68.1 Å². The van der Waals surface area contributed by atoms with E-state index in [1.165, 1.54) is 0 Å². The molecule has 1 aromatic rings. The van der Waals surface area contributed by atoms with Gasteiger partial charge in [-0.2, -0.15) is 13.2 Å². The Morgan fingerprint density at radius 2 is 2.18 bits per heavy atom. The van der Waals surface area contributed by atoms with Crippen LogP contribution in [-0.2, 0) is 22.1 Å². The molecule has 0 aromatic carbocycles. The minimum absolute atomic E-state index is 0.245. The van der Waals surface area contributed by atoms with E-state index in [4.69, 9.17) is 9.47 Å². The van der Waals surface area contributed by atoms with Gasteiger partial charge >= 0.3 is 6.18 Å². The van der Waals surface area contributed by atoms with Gasteiger partial charge in [-0.05, 0) is 25.7 Å². The molecule has 0 spiro atoms. The van der Waals surface area contributed by atoms with E-state index in [1.807, 2.05) is 0 Å². The molecule has 1 N–H and O–H groups in total. The zero-order chi connectivity index (χ0) is 20.0. The number of alkyl halides is 3. The quantitative estimate of drug-likeness (QED) is 0.567. The predicted molar refractivity (Wildman–Crippen MR) is 102 cm³/mol. The predicted octanol–water partition coefficient (Wildman–Crippen LogP) is 2.94. The van der Waals surface area contributed by atoms with Gasteiger partial charge in [0.2, 0.25) is 0 Å². The first kappa shape index (κ1) is 21.3. The van der Waals surface area contributed by atoms with Gasteiger partial charge in [-0.15, -0.1) is 11.3 Å². The summed E-state index contributed by atoms with van der Waals surface area (Å²) < 4.78 is 49.4. The Hall–Kier alpha value is -1.39. The molecule has 3 heterocycles. The molecule has 0 aliphatic carbocycles. The van der Waals surface area contributed by atoms with Gasteiger partial charge in [-0.25, -0.2) is 4.98 Å². The third-order valence-electron chi connectivity index (χ3n) is 4.96. The minimum Gasteiger partial charge on any atom is -0.376 e. The lowest BCUT2D eigenvalue weighted by molar-refractivity contribution is -0.140. The van der Waals surface area contributed by atoms with Crippen LogP contribution in [0, 0.1) is 0 Å². The molecule has 2 fully saturated rings. The Balaban J connectivity index is 1.37. The maximum atomic E-state index is 12.6. The number of thiazole rings is 1. The number of rotatable bonds is 6. The maximum Gasteiger partial charge on any atom is 0.434 e. The first-order chi connectivity index (χ1) is 13.5. The molecule has 1 aromatic heterocycles. The molecule has 3 rings (SSSR count). The van der Waals surface area contributed by atoms with Crippen molar-refractivity contribution in [2.45, 2.75) is 50.5 Å². The van der Waals surface area contributed by atoms with Gasteiger partial charge < -0.3 is 19.7 Å². The largest absolute Gasteiger partial charge is 0.434 e. The fraction of sp³-hybridized carbons (Fsp3) is 0.778. The molecule has 0 bridgehead atoms. The van der Waals surface area contributed by atoms with Crippen molar-refractivity contribution < 1.29 is 22.6 Å². The normalized spacial score (nSPS) is 22.1. The first-order valence-corrected chi connectivity index (χ1v) is 10.5. The Labute approximate surface area is 167 Å². The molecule has 2 aliphatic heterocycles. The monoisotopic (exact) mass is 420 g/mol. The summed E-state index contributed by atoms with van der Waals surface area (Å²) in [6.45, 7) is 3.68. The molecule has 28 heavy (non-hydrogen) atoms. The van der Waals surface area contributed by atoms with E-state index in [2.05, 4.69) is 20.2 Å². The Kier molecular flexibility index (Phi) is 7.53. The number of guanidine groups is 1. The summed E-state index contributed by atoms with van der Waals surface area (Å²) in [5.41, 5.74) is -0.818. The molecule has 0 amide bonds. The lowest BCUT2D eigenvalue weighted by Gasteiger charge is -2.34. The second-order valence-electron chi connectivity index (χ2n) is 7.00. The Bertz CT molecular complexity index is 639. The molecule has 158 valence electrons. The highest BCUT2D eigenvalue weighted by molar-refractivity contribution is 7.09. The lowest BCUT2D eigenvalue weighted by atomic mass is 10.1. The second kappa shape index (κ2) is 9.89. The number of aromatic nitrogens is 1. The van der Waals surface area contributed by atoms with Crippen molar-refractivity contribution in [2.75, 3.05) is 39.9 Å². The number of aliphatic imine (C=N–C) groups is 1. The van der Waals surface area contributed by atoms with Crippen molar-refractivity contribution in [3.8, 4) is 0 Å². The summed E-state index contributed by atoms with van der Waals surface area (Å²) in [6.07, 6.45) is 0.594. The fourth-order valence-corrected chi connectivity index (χ4v) is 4.23. The van der Waals surface area contributed by atoms with E-state index in [1.54, 1.807) is 7.05 Å². The fourth-order valence-electron chi connectivity index (χ4n) is 3.42. The van der Waals surface area contributed by atoms with Crippen LogP contribution in [0.1, 0.15) is 36.4 Å². The highest BCUT2D eigenvalue weighted by atomic mass is 32.1. The number of halogens is 3. The smallest absolute Gasteiger partial charge is 0.376 e. The third kappa shape index (κ3) is 6.05. The van der Waals surface area contributed by atoms with Crippen LogP contribution in [0.5, 0.6) is 0 Å². The molecule has 10 heteroatoms. The number of nitrogens with zero attached hydrogens (tertiary/aromatic N) is 3. The topological polar surface area (TPSA) is 59.0 Å². The summed E-state index contributed by atoms with van der Waals surface area (Å²) in [5.74, 6) is 0.769. The van der Waals surface area contributed by atoms with Gasteiger partial charge in [0.05, 0.1) is 23.8 Å². The van der Waals surface area contributed by atoms with Crippen molar-refractivity contribution >= 4 is 17.3 Å². The molecule has 2 aliphatic rings. The number of hydrogen-bond acceptors (Lipinski definition) is 5. The van der Waals surface area contributed by atoms with Gasteiger partial charge in [0.1, 0.15) is 0 Å². The van der Waals surface area contributed by atoms with Crippen LogP contribution < -0.4 is 5.32 Å². The van der Waals surface area contributed by atoms with Gasteiger partial charge in [0.25, 0.3) is 0 Å². The van der Waals surface area contributed by atoms with E-state index in [9.17, 15) is 13.2 Å². The number of nitrogens with one attached hydrogen (secondary N) is 1. The van der Waals surface area contributed by atoms with Crippen LogP contribution in [0.2, 0.25) is 0 Å². The minimum atomic E-state index is -4.38. The zero-order valence-corrected chi connectivity index (χ0v) is 16.8. The molecule has 0 saturated carbocycles. The van der Waals surface area contributed by atoms with Crippen molar-refractivity contribution in [1.82, 2.24) is 15.2 Å². The number of ether oxygens (including phenoxy) is 2. The molecule has 2 saturated heterocycles. The van der Waals surface area contributed by atoms with Crippen LogP contribution in [0.4, 0.5) is 13.2 Å². The van der Waals surface area contributed by atoms with Gasteiger partial charge in [0.15, 0.2) is 11.7 Å². The lowest BCUT2D eigenvalue weighted by Crippen LogP contribution is -2.47. The summed E-state index contributed by atoms with van der Waals surface area (Å²) in [7, 11) is 1.72. The zero-order valence-electron chi connectivity index (χ0n) is 16.0. The van der Waals surface area contributed by atoms with Crippen LogP contribution in [0.3, 0.4) is 0 Å². The highest BCUT2D eigenvalue weighted by Crippen LogP contribution is 2.30. The van der Waals surface area contributed by atoms with Crippen molar-refractivity contribution in [1.29, 1.82) is 0 Å². The molecule has 6 nitrogen and oxygen atoms in total. The van der Waals surface area contributed by atoms with Crippen molar-refractivity contribution in [3.05, 3.63) is 16.1 Å². The van der Waals surface area contributed by atoms with Crippen molar-refractivity contribution in [3.63, 3.8) is 0 Å². The van der Waals surface area contributed by atoms with E-state index < -0.39 is 11.9 Å². The molecular weight excluding hydrogens is 393 g/mol. The Morgan fingerprint density at radius 1 is 1.39 bits per heavy atom. The number of hydrogen-bond donors (Lipinski definition) is 1. The maximum absolute atomic E-state index is 12.6. The summed E-state index contributed by atoms with van der Waals surface area (Å²) in [4.78, 5) is 10.1. The van der Waals surface area contributed by atoms with Crippen molar-refractivity contribution in [2.24, 2.45) is 4.99 Å². The van der Waals surface area contributed by atoms with Crippen LogP contribution in [0.25, 0.3) is 0 Å². The van der Waals surface area contributed by atoms with Crippen LogP contribution >= 0.6 is 11.3 Å². The number of piperidine rings is 1. The van der Waals surface area contributed by atoms with Gasteiger partial charge in [-0.3, -0.25) is 4.99 Å². The van der Waals surface area contributed by atoms with Crippen LogP contribution in [0.15, 0.2) is 10.4 Å². The van der Waals surface area contributed by atoms with E-state index in [-0.39, 0.29) is 12.2 Å². The van der Waals surface area contributed by atoms with Gasteiger partial charge in [0, 0.05) is 45.1 Å². The van der Waals surface area contributed by atoms with E-state index >= 15 is 0 Å². The average molecular weight is 421 g/mol. The molecule has 1 atom stereocenters. The molecule has 0 radical (unpaired) electrons. The average Bonchev–Trinajstić information content (AvgIpc) is 3.36. The number of likely N-dealkylation sites (tertiary alicyclic amines) is 1. The molecular formula is C18H27F3N4O2S. The third-order valence-corrected chi connectivity index (χ3v) is 5.87. The highest BCUT2D eigenvalue weighted by Gasteiger charge is 2.33. The first-order valence-electron chi connectivity index (χ1n) is 9.66. The second-order valence-corrected chi connectivity index (χ2v) is 7.95. The van der Waals surface area contributed by atoms with E-state index in [0.29, 0.717) is 24.6 Å².